The Labute approximate surface area is 176 Å². The van der Waals surface area contributed by atoms with Crippen LogP contribution < -0.4 is 20.6 Å². The molecule has 0 fully saturated rings. The minimum atomic E-state index is -0.744. The number of ketones is 1. The summed E-state index contributed by atoms with van der Waals surface area (Å²) in [7, 11) is 3.26. The van der Waals surface area contributed by atoms with Gasteiger partial charge in [0.1, 0.15) is 0 Å². The molecule has 0 saturated carbocycles. The van der Waals surface area contributed by atoms with Gasteiger partial charge in [0, 0.05) is 25.1 Å². The van der Waals surface area contributed by atoms with Gasteiger partial charge in [-0.2, -0.15) is 5.10 Å². The van der Waals surface area contributed by atoms with Crippen LogP contribution in [0.1, 0.15) is 50.3 Å². The fourth-order valence-corrected chi connectivity index (χ4v) is 4.94. The largest absolute Gasteiger partial charge is 0.493 e. The number of hydrogen-bond donors (Lipinski definition) is 2. The molecule has 3 aliphatic rings. The van der Waals surface area contributed by atoms with Crippen molar-refractivity contribution in [2.24, 2.45) is 16.3 Å². The van der Waals surface area contributed by atoms with E-state index < -0.39 is 6.03 Å². The van der Waals surface area contributed by atoms with E-state index in [4.69, 9.17) is 15.2 Å². The summed E-state index contributed by atoms with van der Waals surface area (Å²) in [6.07, 6.45) is 2.60. The summed E-state index contributed by atoms with van der Waals surface area (Å²) in [5.41, 5.74) is 12.0. The number of fused-ring (bicyclic) bond motifs is 4. The molecule has 2 amide bonds. The Balaban J connectivity index is 1.85. The van der Waals surface area contributed by atoms with Crippen LogP contribution in [0.5, 0.6) is 11.5 Å². The number of amides is 2. The van der Waals surface area contributed by atoms with Crippen molar-refractivity contribution < 1.29 is 19.1 Å². The molecule has 0 bridgehead atoms. The summed E-state index contributed by atoms with van der Waals surface area (Å²) in [6, 6.07) is 3.31. The number of hydrazone groups is 1. The molecule has 1 aliphatic carbocycles. The van der Waals surface area contributed by atoms with Crippen molar-refractivity contribution in [3.8, 4) is 11.5 Å². The first-order chi connectivity index (χ1) is 14.2. The van der Waals surface area contributed by atoms with E-state index in [1.807, 2.05) is 12.1 Å². The highest BCUT2D eigenvalue weighted by molar-refractivity contribution is 6.24. The van der Waals surface area contributed by atoms with E-state index in [1.165, 1.54) is 5.56 Å². The number of carbonyl (C=O) groups is 2. The van der Waals surface area contributed by atoms with Crippen molar-refractivity contribution in [1.82, 2.24) is 10.3 Å². The molecule has 8 nitrogen and oxygen atoms in total. The SMILES string of the molecule is COc1cc2c(cc1OC)C1CC(=NNC(N)=O)C3=C(CC(C)(C)CC3=O)N1CC2. The minimum absolute atomic E-state index is 0.00225. The van der Waals surface area contributed by atoms with Crippen LogP contribution in [0.2, 0.25) is 0 Å². The standard InChI is InChI=1S/C22H28N4O4/c1-22(2)10-16-20(17(27)11-22)14(24-25-21(23)28)9-15-13-8-19(30-4)18(29-3)7-12(13)5-6-26(15)16/h7-8,15H,5-6,9-11H2,1-4H3,(H3,23,25,28). The highest BCUT2D eigenvalue weighted by Gasteiger charge is 2.44. The van der Waals surface area contributed by atoms with Crippen LogP contribution >= 0.6 is 0 Å². The molecule has 0 radical (unpaired) electrons. The second-order valence-corrected chi connectivity index (χ2v) is 8.87. The van der Waals surface area contributed by atoms with Gasteiger partial charge in [-0.05, 0) is 41.5 Å². The van der Waals surface area contributed by atoms with E-state index in [-0.39, 0.29) is 17.2 Å². The highest BCUT2D eigenvalue weighted by Crippen LogP contribution is 2.49. The first-order valence-corrected chi connectivity index (χ1v) is 10.1. The zero-order chi connectivity index (χ0) is 21.6. The van der Waals surface area contributed by atoms with Gasteiger partial charge in [0.05, 0.1) is 31.5 Å². The third-order valence-electron chi connectivity index (χ3n) is 6.18. The van der Waals surface area contributed by atoms with Gasteiger partial charge in [0.15, 0.2) is 17.3 Å². The zero-order valence-electron chi connectivity index (χ0n) is 17.9. The van der Waals surface area contributed by atoms with Gasteiger partial charge < -0.3 is 20.1 Å². The molecule has 4 rings (SSSR count). The molecule has 1 atom stereocenters. The molecule has 0 aromatic heterocycles. The van der Waals surface area contributed by atoms with Crippen LogP contribution in [0.15, 0.2) is 28.5 Å². The van der Waals surface area contributed by atoms with Gasteiger partial charge in [-0.3, -0.25) is 4.79 Å². The van der Waals surface area contributed by atoms with Gasteiger partial charge in [0.25, 0.3) is 0 Å². The minimum Gasteiger partial charge on any atom is -0.493 e. The number of methoxy groups -OCH3 is 2. The Bertz CT molecular complexity index is 980. The number of nitrogens with two attached hydrogens (primary N) is 1. The number of hydrogen-bond acceptors (Lipinski definition) is 6. The van der Waals surface area contributed by atoms with Crippen LogP contribution in [0, 0.1) is 5.41 Å². The lowest BCUT2D eigenvalue weighted by Crippen LogP contribution is -2.46. The number of benzene rings is 1. The third kappa shape index (κ3) is 3.40. The van der Waals surface area contributed by atoms with Crippen LogP contribution in [0.4, 0.5) is 4.79 Å². The lowest BCUT2D eigenvalue weighted by atomic mass is 9.71. The summed E-state index contributed by atoms with van der Waals surface area (Å²) in [6.45, 7) is 5.04. The van der Waals surface area contributed by atoms with Gasteiger partial charge in [0.2, 0.25) is 0 Å². The van der Waals surface area contributed by atoms with E-state index >= 15 is 0 Å². The molecule has 0 spiro atoms. The lowest BCUT2D eigenvalue weighted by Gasteiger charge is -2.48. The van der Waals surface area contributed by atoms with Gasteiger partial charge in [-0.1, -0.05) is 13.8 Å². The zero-order valence-corrected chi connectivity index (χ0v) is 17.9. The highest BCUT2D eigenvalue weighted by atomic mass is 16.5. The predicted octanol–water partition coefficient (Wildman–Crippen LogP) is 2.67. The monoisotopic (exact) mass is 412 g/mol. The summed E-state index contributed by atoms with van der Waals surface area (Å²) in [5, 5.41) is 4.24. The number of carbonyl (C=O) groups excluding carboxylic acids is 2. The number of primary amides is 1. The fourth-order valence-electron chi connectivity index (χ4n) is 4.94. The quantitative estimate of drug-likeness (QED) is 0.743. The van der Waals surface area contributed by atoms with E-state index in [0.717, 1.165) is 30.6 Å². The number of urea groups is 1. The molecule has 0 saturated heterocycles. The molecule has 3 N–H and O–H groups in total. The van der Waals surface area contributed by atoms with Crippen LogP contribution in [-0.2, 0) is 11.2 Å². The van der Waals surface area contributed by atoms with Crippen molar-refractivity contribution >= 4 is 17.5 Å². The third-order valence-corrected chi connectivity index (χ3v) is 6.18. The molecule has 1 aromatic rings. The average Bonchev–Trinajstić information content (AvgIpc) is 2.69. The lowest BCUT2D eigenvalue weighted by molar-refractivity contribution is -0.118. The van der Waals surface area contributed by atoms with E-state index in [0.29, 0.717) is 35.6 Å². The van der Waals surface area contributed by atoms with Crippen molar-refractivity contribution in [1.29, 1.82) is 0 Å². The summed E-state index contributed by atoms with van der Waals surface area (Å²) >= 11 is 0. The summed E-state index contributed by atoms with van der Waals surface area (Å²) < 4.78 is 11.0. The number of nitrogens with one attached hydrogen (secondary N) is 1. The molecular weight excluding hydrogens is 384 g/mol. The number of allylic oxidation sites excluding steroid dienone is 2. The average molecular weight is 412 g/mol. The molecule has 2 aliphatic heterocycles. The van der Waals surface area contributed by atoms with Gasteiger partial charge >= 0.3 is 6.03 Å². The van der Waals surface area contributed by atoms with Crippen LogP contribution in [0.25, 0.3) is 0 Å². The first kappa shape index (κ1) is 20.3. The van der Waals surface area contributed by atoms with E-state index in [1.54, 1.807) is 14.2 Å². The molecule has 1 unspecified atom stereocenters. The van der Waals surface area contributed by atoms with Crippen LogP contribution in [0.3, 0.4) is 0 Å². The number of rotatable bonds is 3. The van der Waals surface area contributed by atoms with Crippen molar-refractivity contribution in [3.05, 3.63) is 34.5 Å². The topological polar surface area (TPSA) is 106 Å². The first-order valence-electron chi connectivity index (χ1n) is 10.1. The summed E-state index contributed by atoms with van der Waals surface area (Å²) in [5.74, 6) is 1.45. The smallest absolute Gasteiger partial charge is 0.332 e. The number of nitrogens with zero attached hydrogens (tertiary/aromatic N) is 2. The second-order valence-electron chi connectivity index (χ2n) is 8.87. The molecule has 2 heterocycles. The normalized spacial score (nSPS) is 23.5. The molecule has 1 aromatic carbocycles. The molecule has 30 heavy (non-hydrogen) atoms. The Kier molecular flexibility index (Phi) is 4.95. The number of Topliss-reactive ketones (excluding diaryl/α,β-unsaturated/α-hetero) is 1. The maximum absolute atomic E-state index is 13.1. The maximum Gasteiger partial charge on any atom is 0.332 e. The van der Waals surface area contributed by atoms with Crippen molar-refractivity contribution in [2.75, 3.05) is 20.8 Å². The molecular formula is C22H28N4O4. The van der Waals surface area contributed by atoms with Crippen molar-refractivity contribution in [2.45, 2.75) is 45.6 Å². The van der Waals surface area contributed by atoms with Crippen molar-refractivity contribution in [3.63, 3.8) is 0 Å². The number of ether oxygens (including phenoxy) is 2. The van der Waals surface area contributed by atoms with Crippen LogP contribution in [-0.4, -0.2) is 43.2 Å². The second kappa shape index (κ2) is 7.34. The Hall–Kier alpha value is -3.03. The Morgan fingerprint density at radius 3 is 2.60 bits per heavy atom. The Morgan fingerprint density at radius 1 is 1.23 bits per heavy atom. The van der Waals surface area contributed by atoms with Gasteiger partial charge in [-0.15, -0.1) is 0 Å². The predicted molar refractivity (Wildman–Crippen MR) is 113 cm³/mol. The van der Waals surface area contributed by atoms with E-state index in [2.05, 4.69) is 29.3 Å². The molecule has 160 valence electrons. The fraction of sp³-hybridized carbons (Fsp3) is 0.500. The Morgan fingerprint density at radius 2 is 1.93 bits per heavy atom. The molecule has 8 heteroatoms. The maximum atomic E-state index is 13.1. The van der Waals surface area contributed by atoms with E-state index in [9.17, 15) is 9.59 Å². The van der Waals surface area contributed by atoms with Gasteiger partial charge in [-0.25, -0.2) is 10.2 Å². The summed E-state index contributed by atoms with van der Waals surface area (Å²) in [4.78, 5) is 26.7.